The van der Waals surface area contributed by atoms with Crippen LogP contribution in [0, 0.1) is 0 Å². The topological polar surface area (TPSA) is 61.4 Å². The average Bonchev–Trinajstić information content (AvgIpc) is 2.65. The first-order valence-electron chi connectivity index (χ1n) is 7.10. The van der Waals surface area contributed by atoms with Gasteiger partial charge in [0.2, 0.25) is 0 Å². The standard InChI is InChI=1S/C15H21BrN2O2/c16-12-5-7-13(8-6-12)18-14(19)17-11-15(20)9-3-1-2-4-10-15/h5-8,20H,1-4,9-11H2,(H2,17,18,19). The number of carbonyl (C=O) groups excluding carboxylic acids is 1. The lowest BCUT2D eigenvalue weighted by Crippen LogP contribution is -2.44. The van der Waals surface area contributed by atoms with Crippen molar-refractivity contribution in [2.45, 2.75) is 44.1 Å². The zero-order valence-corrected chi connectivity index (χ0v) is 13.1. The Morgan fingerprint density at radius 2 is 1.75 bits per heavy atom. The number of hydrogen-bond donors (Lipinski definition) is 3. The monoisotopic (exact) mass is 340 g/mol. The molecule has 2 amide bonds. The highest BCUT2D eigenvalue weighted by molar-refractivity contribution is 9.10. The summed E-state index contributed by atoms with van der Waals surface area (Å²) < 4.78 is 0.969. The first-order valence-corrected chi connectivity index (χ1v) is 7.90. The van der Waals surface area contributed by atoms with Crippen LogP contribution < -0.4 is 10.6 Å². The molecule has 0 spiro atoms. The van der Waals surface area contributed by atoms with Crippen LogP contribution >= 0.6 is 15.9 Å². The van der Waals surface area contributed by atoms with Gasteiger partial charge in [-0.3, -0.25) is 0 Å². The number of rotatable bonds is 3. The first kappa shape index (κ1) is 15.3. The molecule has 1 aromatic carbocycles. The summed E-state index contributed by atoms with van der Waals surface area (Å²) in [5, 5.41) is 16.0. The van der Waals surface area contributed by atoms with Crippen LogP contribution in [0.25, 0.3) is 0 Å². The molecule has 110 valence electrons. The number of hydrogen-bond acceptors (Lipinski definition) is 2. The second-order valence-electron chi connectivity index (χ2n) is 5.45. The molecule has 0 radical (unpaired) electrons. The van der Waals surface area contributed by atoms with Gasteiger partial charge in [-0.15, -0.1) is 0 Å². The molecule has 0 unspecified atom stereocenters. The Bertz CT molecular complexity index is 440. The molecule has 1 aliphatic rings. The lowest BCUT2D eigenvalue weighted by molar-refractivity contribution is 0.0281. The summed E-state index contributed by atoms with van der Waals surface area (Å²) in [7, 11) is 0. The molecule has 2 rings (SSSR count). The predicted octanol–water partition coefficient (Wildman–Crippen LogP) is 3.66. The van der Waals surface area contributed by atoms with Gasteiger partial charge in [0, 0.05) is 16.7 Å². The number of nitrogens with one attached hydrogen (secondary N) is 2. The Balaban J connectivity index is 1.80. The largest absolute Gasteiger partial charge is 0.388 e. The minimum Gasteiger partial charge on any atom is -0.388 e. The number of halogens is 1. The van der Waals surface area contributed by atoms with Crippen molar-refractivity contribution in [3.05, 3.63) is 28.7 Å². The quantitative estimate of drug-likeness (QED) is 0.735. The van der Waals surface area contributed by atoms with E-state index >= 15 is 0 Å². The Labute approximate surface area is 128 Å². The van der Waals surface area contributed by atoms with Crippen molar-refractivity contribution in [3.8, 4) is 0 Å². The molecule has 0 heterocycles. The number of carbonyl (C=O) groups is 1. The fourth-order valence-electron chi connectivity index (χ4n) is 2.52. The Morgan fingerprint density at radius 3 is 2.35 bits per heavy atom. The van der Waals surface area contributed by atoms with Gasteiger partial charge in [-0.1, -0.05) is 41.6 Å². The third-order valence-electron chi connectivity index (χ3n) is 3.71. The molecule has 20 heavy (non-hydrogen) atoms. The zero-order chi connectivity index (χ0) is 14.4. The summed E-state index contributed by atoms with van der Waals surface area (Å²) in [4.78, 5) is 11.8. The van der Waals surface area contributed by atoms with Gasteiger partial charge >= 0.3 is 6.03 Å². The number of urea groups is 1. The molecule has 0 bridgehead atoms. The number of benzene rings is 1. The van der Waals surface area contributed by atoms with E-state index in [-0.39, 0.29) is 6.03 Å². The number of anilines is 1. The fourth-order valence-corrected chi connectivity index (χ4v) is 2.78. The van der Waals surface area contributed by atoms with E-state index in [4.69, 9.17) is 0 Å². The Morgan fingerprint density at radius 1 is 1.15 bits per heavy atom. The molecule has 0 aromatic heterocycles. The molecule has 0 atom stereocenters. The molecule has 4 nitrogen and oxygen atoms in total. The van der Waals surface area contributed by atoms with Gasteiger partial charge in [-0.25, -0.2) is 4.79 Å². The van der Waals surface area contributed by atoms with Crippen molar-refractivity contribution in [1.82, 2.24) is 5.32 Å². The molecule has 1 aromatic rings. The van der Waals surface area contributed by atoms with Gasteiger partial charge in [-0.05, 0) is 37.1 Å². The molecular weight excluding hydrogens is 320 g/mol. The lowest BCUT2D eigenvalue weighted by atomic mass is 9.95. The highest BCUT2D eigenvalue weighted by Crippen LogP contribution is 2.26. The molecule has 1 aliphatic carbocycles. The summed E-state index contributed by atoms with van der Waals surface area (Å²) in [6.45, 7) is 0.315. The smallest absolute Gasteiger partial charge is 0.319 e. The van der Waals surface area contributed by atoms with Crippen LogP contribution in [-0.2, 0) is 0 Å². The molecule has 0 aliphatic heterocycles. The maximum absolute atomic E-state index is 11.8. The van der Waals surface area contributed by atoms with Crippen molar-refractivity contribution in [2.24, 2.45) is 0 Å². The van der Waals surface area contributed by atoms with Gasteiger partial charge in [0.05, 0.1) is 5.60 Å². The Kier molecular flexibility index (Phi) is 5.43. The summed E-state index contributed by atoms with van der Waals surface area (Å²) >= 11 is 3.35. The highest BCUT2D eigenvalue weighted by Gasteiger charge is 2.28. The van der Waals surface area contributed by atoms with Gasteiger partial charge in [-0.2, -0.15) is 0 Å². The third kappa shape index (κ3) is 4.80. The van der Waals surface area contributed by atoms with E-state index in [9.17, 15) is 9.90 Å². The zero-order valence-electron chi connectivity index (χ0n) is 11.5. The minimum atomic E-state index is -0.743. The maximum Gasteiger partial charge on any atom is 0.319 e. The van der Waals surface area contributed by atoms with Crippen molar-refractivity contribution < 1.29 is 9.90 Å². The van der Waals surface area contributed by atoms with Gasteiger partial charge in [0.15, 0.2) is 0 Å². The number of aliphatic hydroxyl groups is 1. The predicted molar refractivity (Wildman–Crippen MR) is 83.8 cm³/mol. The van der Waals surface area contributed by atoms with E-state index in [1.165, 1.54) is 12.8 Å². The second-order valence-corrected chi connectivity index (χ2v) is 6.37. The van der Waals surface area contributed by atoms with Crippen LogP contribution in [0.3, 0.4) is 0 Å². The molecule has 1 fully saturated rings. The lowest BCUT2D eigenvalue weighted by Gasteiger charge is -2.26. The fraction of sp³-hybridized carbons (Fsp3) is 0.533. The number of amides is 2. The van der Waals surface area contributed by atoms with E-state index in [1.54, 1.807) is 0 Å². The van der Waals surface area contributed by atoms with E-state index in [0.29, 0.717) is 6.54 Å². The molecular formula is C15H21BrN2O2. The first-order chi connectivity index (χ1) is 9.57. The van der Waals surface area contributed by atoms with Crippen molar-refractivity contribution >= 4 is 27.6 Å². The van der Waals surface area contributed by atoms with E-state index in [2.05, 4.69) is 26.6 Å². The van der Waals surface area contributed by atoms with E-state index < -0.39 is 5.60 Å². The van der Waals surface area contributed by atoms with Crippen molar-refractivity contribution in [2.75, 3.05) is 11.9 Å². The van der Waals surface area contributed by atoms with Crippen molar-refractivity contribution in [1.29, 1.82) is 0 Å². The van der Waals surface area contributed by atoms with E-state index in [0.717, 1.165) is 35.8 Å². The van der Waals surface area contributed by atoms with Crippen molar-refractivity contribution in [3.63, 3.8) is 0 Å². The van der Waals surface area contributed by atoms with Crippen LogP contribution in [-0.4, -0.2) is 23.3 Å². The van der Waals surface area contributed by atoms with E-state index in [1.807, 2.05) is 24.3 Å². The van der Waals surface area contributed by atoms with Crippen LogP contribution in [0.5, 0.6) is 0 Å². The van der Waals surface area contributed by atoms with Crippen LogP contribution in [0.2, 0.25) is 0 Å². The summed E-state index contributed by atoms with van der Waals surface area (Å²) in [6.07, 6.45) is 5.96. The van der Waals surface area contributed by atoms with Crippen LogP contribution in [0.4, 0.5) is 10.5 Å². The average molecular weight is 341 g/mol. The minimum absolute atomic E-state index is 0.273. The van der Waals surface area contributed by atoms with Gasteiger partial charge in [0.25, 0.3) is 0 Å². The normalized spacial score (nSPS) is 18.1. The third-order valence-corrected chi connectivity index (χ3v) is 4.24. The second kappa shape index (κ2) is 7.09. The summed E-state index contributed by atoms with van der Waals surface area (Å²) in [5.41, 5.74) is -0.00773. The molecule has 1 saturated carbocycles. The Hall–Kier alpha value is -1.07. The molecule has 3 N–H and O–H groups in total. The maximum atomic E-state index is 11.8. The summed E-state index contributed by atoms with van der Waals surface area (Å²) in [5.74, 6) is 0. The van der Waals surface area contributed by atoms with Crippen LogP contribution in [0.1, 0.15) is 38.5 Å². The highest BCUT2D eigenvalue weighted by atomic mass is 79.9. The SMILES string of the molecule is O=C(NCC1(O)CCCCCC1)Nc1ccc(Br)cc1. The molecule has 0 saturated heterocycles. The molecule has 5 heteroatoms. The summed E-state index contributed by atoms with van der Waals surface area (Å²) in [6, 6.07) is 7.11. The van der Waals surface area contributed by atoms with Crippen LogP contribution in [0.15, 0.2) is 28.7 Å². The van der Waals surface area contributed by atoms with Gasteiger partial charge in [0.1, 0.15) is 0 Å². The van der Waals surface area contributed by atoms with Gasteiger partial charge < -0.3 is 15.7 Å².